The van der Waals surface area contributed by atoms with Gasteiger partial charge in [0, 0.05) is 24.4 Å². The van der Waals surface area contributed by atoms with Crippen molar-refractivity contribution in [3.05, 3.63) is 41.7 Å². The number of halogens is 3. The molecule has 0 spiro atoms. The van der Waals surface area contributed by atoms with Crippen molar-refractivity contribution in [3.63, 3.8) is 0 Å². The van der Waals surface area contributed by atoms with Crippen LogP contribution in [-0.4, -0.2) is 9.78 Å². The maximum Gasteiger partial charge on any atom is 0.131 e. The van der Waals surface area contributed by atoms with Gasteiger partial charge in [0.05, 0.1) is 12.1 Å². The van der Waals surface area contributed by atoms with Crippen LogP contribution >= 0.6 is 11.6 Å². The molecule has 5 heteroatoms. The second-order valence-corrected chi connectivity index (χ2v) is 3.72. The number of nitrogens with zero attached hydrogens (tertiary/aromatic N) is 2. The highest BCUT2D eigenvalue weighted by Gasteiger charge is 2.11. The molecular weight excluding hydrogens is 234 g/mol. The zero-order valence-electron chi connectivity index (χ0n) is 8.54. The molecule has 0 saturated heterocycles. The van der Waals surface area contributed by atoms with E-state index in [1.165, 1.54) is 12.1 Å². The van der Waals surface area contributed by atoms with Crippen LogP contribution in [0.4, 0.5) is 8.78 Å². The van der Waals surface area contributed by atoms with E-state index >= 15 is 0 Å². The molecule has 0 aliphatic rings. The van der Waals surface area contributed by atoms with Crippen LogP contribution in [0.15, 0.2) is 24.5 Å². The van der Waals surface area contributed by atoms with Gasteiger partial charge in [-0.2, -0.15) is 5.10 Å². The summed E-state index contributed by atoms with van der Waals surface area (Å²) >= 11 is 5.44. The van der Waals surface area contributed by atoms with E-state index in [1.807, 2.05) is 0 Å². The van der Waals surface area contributed by atoms with Gasteiger partial charge in [0.1, 0.15) is 11.6 Å². The number of hydrogen-bond donors (Lipinski definition) is 0. The number of aryl methyl sites for hydroxylation is 1. The topological polar surface area (TPSA) is 17.8 Å². The van der Waals surface area contributed by atoms with E-state index in [1.54, 1.807) is 24.1 Å². The quantitative estimate of drug-likeness (QED) is 0.740. The maximum atomic E-state index is 13.5. The smallest absolute Gasteiger partial charge is 0.131 e. The highest BCUT2D eigenvalue weighted by atomic mass is 35.5. The van der Waals surface area contributed by atoms with Crippen molar-refractivity contribution in [2.75, 3.05) is 0 Å². The molecular formula is C11H9ClF2N2. The van der Waals surface area contributed by atoms with Gasteiger partial charge < -0.3 is 0 Å². The normalized spacial score (nSPS) is 10.8. The van der Waals surface area contributed by atoms with Crippen molar-refractivity contribution in [2.24, 2.45) is 7.05 Å². The number of aromatic nitrogens is 2. The van der Waals surface area contributed by atoms with Gasteiger partial charge in [-0.05, 0) is 17.7 Å². The summed E-state index contributed by atoms with van der Waals surface area (Å²) in [6, 6.07) is 2.52. The lowest BCUT2D eigenvalue weighted by atomic mass is 10.1. The summed E-state index contributed by atoms with van der Waals surface area (Å²) in [5.41, 5.74) is 1.02. The molecule has 0 amide bonds. The molecule has 16 heavy (non-hydrogen) atoms. The molecule has 0 saturated carbocycles. The van der Waals surface area contributed by atoms with E-state index in [4.69, 9.17) is 11.6 Å². The molecule has 84 valence electrons. The number of alkyl halides is 1. The van der Waals surface area contributed by atoms with Crippen molar-refractivity contribution >= 4 is 11.6 Å². The summed E-state index contributed by atoms with van der Waals surface area (Å²) in [6.45, 7) is 0. The van der Waals surface area contributed by atoms with Gasteiger partial charge in [0.25, 0.3) is 0 Å². The fraction of sp³-hybridized carbons (Fsp3) is 0.182. The first kappa shape index (κ1) is 11.1. The van der Waals surface area contributed by atoms with E-state index in [0.29, 0.717) is 11.1 Å². The third-order valence-corrected chi connectivity index (χ3v) is 2.58. The fourth-order valence-electron chi connectivity index (χ4n) is 1.47. The Hall–Kier alpha value is -1.42. The van der Waals surface area contributed by atoms with Crippen LogP contribution in [0.1, 0.15) is 5.56 Å². The lowest BCUT2D eigenvalue weighted by Crippen LogP contribution is -1.93. The highest BCUT2D eigenvalue weighted by molar-refractivity contribution is 6.17. The van der Waals surface area contributed by atoms with Gasteiger partial charge in [-0.1, -0.05) is 0 Å². The first-order valence-electron chi connectivity index (χ1n) is 4.64. The van der Waals surface area contributed by atoms with Crippen molar-refractivity contribution in [3.8, 4) is 11.1 Å². The van der Waals surface area contributed by atoms with E-state index in [9.17, 15) is 8.78 Å². The molecule has 0 aliphatic heterocycles. The molecule has 0 fully saturated rings. The summed E-state index contributed by atoms with van der Waals surface area (Å²) in [5, 5.41) is 3.94. The van der Waals surface area contributed by atoms with Crippen LogP contribution in [-0.2, 0) is 12.9 Å². The first-order valence-corrected chi connectivity index (χ1v) is 5.18. The van der Waals surface area contributed by atoms with E-state index in [-0.39, 0.29) is 11.4 Å². The van der Waals surface area contributed by atoms with Crippen LogP contribution in [0.25, 0.3) is 11.1 Å². The fourth-order valence-corrected chi connectivity index (χ4v) is 1.72. The van der Waals surface area contributed by atoms with E-state index in [0.717, 1.165) is 0 Å². The molecule has 2 rings (SSSR count). The largest absolute Gasteiger partial charge is 0.275 e. The van der Waals surface area contributed by atoms with Gasteiger partial charge in [-0.15, -0.1) is 11.6 Å². The minimum atomic E-state index is -0.631. The zero-order valence-corrected chi connectivity index (χ0v) is 9.30. The summed E-state index contributed by atoms with van der Waals surface area (Å²) in [4.78, 5) is 0. The molecule has 2 nitrogen and oxygen atoms in total. The molecule has 0 aliphatic carbocycles. The predicted octanol–water partition coefficient (Wildman–Crippen LogP) is 3.10. The van der Waals surface area contributed by atoms with Crippen LogP contribution in [0.5, 0.6) is 0 Å². The lowest BCUT2D eigenvalue weighted by Gasteiger charge is -2.04. The van der Waals surface area contributed by atoms with Gasteiger partial charge >= 0.3 is 0 Å². The van der Waals surface area contributed by atoms with Crippen LogP contribution < -0.4 is 0 Å². The Balaban J connectivity index is 2.52. The first-order chi connectivity index (χ1) is 7.61. The molecule has 2 aromatic rings. The second-order valence-electron chi connectivity index (χ2n) is 3.45. The van der Waals surface area contributed by atoms with Crippen molar-refractivity contribution < 1.29 is 8.78 Å². The van der Waals surface area contributed by atoms with Crippen LogP contribution in [0.3, 0.4) is 0 Å². The van der Waals surface area contributed by atoms with E-state index in [2.05, 4.69) is 5.10 Å². The molecule has 0 unspecified atom stereocenters. The second kappa shape index (κ2) is 4.22. The van der Waals surface area contributed by atoms with Gasteiger partial charge in [0.2, 0.25) is 0 Å². The third kappa shape index (κ3) is 1.93. The Morgan fingerprint density at radius 2 is 1.88 bits per heavy atom. The monoisotopic (exact) mass is 242 g/mol. The molecule has 1 aromatic carbocycles. The summed E-state index contributed by atoms with van der Waals surface area (Å²) in [5.74, 6) is -1.44. The highest BCUT2D eigenvalue weighted by Crippen LogP contribution is 2.24. The minimum Gasteiger partial charge on any atom is -0.275 e. The molecule has 1 aromatic heterocycles. The Kier molecular flexibility index (Phi) is 2.92. The number of rotatable bonds is 2. The van der Waals surface area contributed by atoms with Crippen molar-refractivity contribution in [1.82, 2.24) is 9.78 Å². The van der Waals surface area contributed by atoms with Gasteiger partial charge in [-0.25, -0.2) is 8.78 Å². The summed E-state index contributed by atoms with van der Waals surface area (Å²) < 4.78 is 28.5. The summed E-state index contributed by atoms with van der Waals surface area (Å²) in [7, 11) is 1.74. The Morgan fingerprint density at radius 3 is 2.31 bits per heavy atom. The van der Waals surface area contributed by atoms with Crippen molar-refractivity contribution in [2.45, 2.75) is 5.88 Å². The summed E-state index contributed by atoms with van der Waals surface area (Å²) in [6.07, 6.45) is 3.24. The molecule has 1 heterocycles. The molecule has 0 radical (unpaired) electrons. The molecule has 0 bridgehead atoms. The average molecular weight is 243 g/mol. The van der Waals surface area contributed by atoms with Gasteiger partial charge in [0.15, 0.2) is 0 Å². The maximum absolute atomic E-state index is 13.5. The van der Waals surface area contributed by atoms with E-state index < -0.39 is 11.6 Å². The van der Waals surface area contributed by atoms with Crippen LogP contribution in [0.2, 0.25) is 0 Å². The minimum absolute atomic E-state index is 0.102. The average Bonchev–Trinajstić information content (AvgIpc) is 2.64. The molecule has 0 atom stereocenters. The third-order valence-electron chi connectivity index (χ3n) is 2.31. The lowest BCUT2D eigenvalue weighted by molar-refractivity contribution is 0.566. The zero-order chi connectivity index (χ0) is 11.7. The Bertz CT molecular complexity index is 499. The number of hydrogen-bond acceptors (Lipinski definition) is 1. The Labute approximate surface area is 96.5 Å². The number of benzene rings is 1. The standard InChI is InChI=1S/C11H9ClF2N2/c1-16-6-8(5-15-16)7-2-10(13)9(4-12)11(14)3-7/h2-3,5-6H,4H2,1H3. The predicted molar refractivity (Wildman–Crippen MR) is 58.1 cm³/mol. The molecule has 0 N–H and O–H groups in total. The van der Waals surface area contributed by atoms with Crippen molar-refractivity contribution in [1.29, 1.82) is 0 Å². The Morgan fingerprint density at radius 1 is 1.25 bits per heavy atom. The van der Waals surface area contributed by atoms with Gasteiger partial charge in [-0.3, -0.25) is 4.68 Å². The SMILES string of the molecule is Cn1cc(-c2cc(F)c(CCl)c(F)c2)cn1. The van der Waals surface area contributed by atoms with Crippen LogP contribution in [0, 0.1) is 11.6 Å².